The summed E-state index contributed by atoms with van der Waals surface area (Å²) in [5, 5.41) is 3.61. The quantitative estimate of drug-likeness (QED) is 0.914. The van der Waals surface area contributed by atoms with Crippen molar-refractivity contribution in [2.24, 2.45) is 23.5 Å². The Bertz CT molecular complexity index is 444. The third kappa shape index (κ3) is 1.89. The normalized spacial score (nSPS) is 41.7. The molecule has 104 valence electrons. The fourth-order valence-electron chi connectivity index (χ4n) is 5.28. The van der Waals surface area contributed by atoms with Crippen molar-refractivity contribution in [3.63, 3.8) is 0 Å². The Morgan fingerprint density at radius 3 is 2.37 bits per heavy atom. The molecule has 5 rings (SSSR count). The van der Waals surface area contributed by atoms with E-state index < -0.39 is 0 Å². The number of hydrogen-bond acceptors (Lipinski definition) is 3. The molecule has 0 aromatic carbocycles. The highest BCUT2D eigenvalue weighted by Crippen LogP contribution is 2.60. The van der Waals surface area contributed by atoms with E-state index in [2.05, 4.69) is 12.3 Å². The van der Waals surface area contributed by atoms with Gasteiger partial charge in [-0.3, -0.25) is 0 Å². The Morgan fingerprint density at radius 2 is 1.84 bits per heavy atom. The number of nitrogens with zero attached hydrogens (tertiary/aromatic N) is 1. The van der Waals surface area contributed by atoms with E-state index in [1.807, 2.05) is 11.3 Å². The van der Waals surface area contributed by atoms with Gasteiger partial charge in [0.2, 0.25) is 0 Å². The van der Waals surface area contributed by atoms with Gasteiger partial charge in [0, 0.05) is 23.3 Å². The molecule has 1 unspecified atom stereocenters. The van der Waals surface area contributed by atoms with Gasteiger partial charge in [-0.05, 0) is 56.3 Å². The van der Waals surface area contributed by atoms with Crippen LogP contribution in [0.25, 0.3) is 0 Å². The Kier molecular flexibility index (Phi) is 2.79. The molecule has 1 heterocycles. The Balaban J connectivity index is 1.66. The molecule has 2 nitrogen and oxygen atoms in total. The van der Waals surface area contributed by atoms with Crippen LogP contribution in [0.2, 0.25) is 0 Å². The lowest BCUT2D eigenvalue weighted by Gasteiger charge is -2.56. The van der Waals surface area contributed by atoms with Gasteiger partial charge in [0.15, 0.2) is 0 Å². The van der Waals surface area contributed by atoms with Crippen molar-refractivity contribution in [3.05, 3.63) is 16.1 Å². The largest absolute Gasteiger partial charge is 0.330 e. The minimum absolute atomic E-state index is 0.424. The zero-order valence-corrected chi connectivity index (χ0v) is 12.6. The molecule has 3 heteroatoms. The highest BCUT2D eigenvalue weighted by molar-refractivity contribution is 7.09. The van der Waals surface area contributed by atoms with Crippen molar-refractivity contribution in [1.82, 2.24) is 4.98 Å². The maximum Gasteiger partial charge on any atom is 0.0969 e. The zero-order valence-electron chi connectivity index (χ0n) is 11.8. The molecule has 4 aliphatic rings. The van der Waals surface area contributed by atoms with Crippen molar-refractivity contribution >= 4 is 11.3 Å². The fourth-order valence-corrected chi connectivity index (χ4v) is 6.30. The molecule has 0 radical (unpaired) electrons. The van der Waals surface area contributed by atoms with Gasteiger partial charge in [0.1, 0.15) is 0 Å². The van der Waals surface area contributed by atoms with Gasteiger partial charge in [-0.2, -0.15) is 0 Å². The first-order chi connectivity index (χ1) is 9.18. The lowest BCUT2D eigenvalue weighted by atomic mass is 9.49. The Morgan fingerprint density at radius 1 is 1.26 bits per heavy atom. The van der Waals surface area contributed by atoms with E-state index >= 15 is 0 Å². The van der Waals surface area contributed by atoms with E-state index in [9.17, 15) is 0 Å². The van der Waals surface area contributed by atoms with Crippen LogP contribution in [-0.2, 0) is 5.41 Å². The summed E-state index contributed by atoms with van der Waals surface area (Å²) in [4.78, 5) is 5.01. The Hall–Kier alpha value is -0.410. The van der Waals surface area contributed by atoms with Crippen LogP contribution in [0.1, 0.15) is 62.1 Å². The molecule has 4 saturated carbocycles. The first-order valence-corrected chi connectivity index (χ1v) is 8.72. The molecule has 4 fully saturated rings. The van der Waals surface area contributed by atoms with Gasteiger partial charge in [-0.15, -0.1) is 11.3 Å². The molecular weight excluding hydrogens is 252 g/mol. The van der Waals surface area contributed by atoms with Gasteiger partial charge in [0.25, 0.3) is 0 Å². The number of aromatic nitrogens is 1. The summed E-state index contributed by atoms with van der Waals surface area (Å²) in [6.07, 6.45) is 8.78. The van der Waals surface area contributed by atoms with Gasteiger partial charge >= 0.3 is 0 Å². The molecule has 0 aliphatic heterocycles. The van der Waals surface area contributed by atoms with Crippen LogP contribution < -0.4 is 5.73 Å². The van der Waals surface area contributed by atoms with Crippen molar-refractivity contribution in [2.45, 2.75) is 56.8 Å². The molecule has 19 heavy (non-hydrogen) atoms. The minimum atomic E-state index is 0.424. The zero-order chi connectivity index (χ0) is 13.0. The summed E-state index contributed by atoms with van der Waals surface area (Å²) < 4.78 is 0. The van der Waals surface area contributed by atoms with Crippen LogP contribution >= 0.6 is 11.3 Å². The van der Waals surface area contributed by atoms with Crippen molar-refractivity contribution < 1.29 is 0 Å². The molecule has 0 amide bonds. The molecule has 4 aliphatic carbocycles. The number of hydrogen-bond donors (Lipinski definition) is 1. The summed E-state index contributed by atoms with van der Waals surface area (Å²) in [5.74, 6) is 3.43. The van der Waals surface area contributed by atoms with Crippen molar-refractivity contribution in [2.75, 3.05) is 6.54 Å². The lowest BCUT2D eigenvalue weighted by Crippen LogP contribution is -2.48. The predicted molar refractivity (Wildman–Crippen MR) is 79.4 cm³/mol. The monoisotopic (exact) mass is 276 g/mol. The average Bonchev–Trinajstić information content (AvgIpc) is 2.86. The molecule has 0 saturated heterocycles. The second kappa shape index (κ2) is 4.29. The van der Waals surface area contributed by atoms with Crippen LogP contribution in [0.5, 0.6) is 0 Å². The van der Waals surface area contributed by atoms with Crippen molar-refractivity contribution in [1.29, 1.82) is 0 Å². The van der Waals surface area contributed by atoms with Crippen molar-refractivity contribution in [3.8, 4) is 0 Å². The fraction of sp³-hybridized carbons (Fsp3) is 0.812. The van der Waals surface area contributed by atoms with Crippen LogP contribution in [0, 0.1) is 17.8 Å². The maximum absolute atomic E-state index is 5.79. The smallest absolute Gasteiger partial charge is 0.0969 e. The molecule has 1 aromatic rings. The molecule has 1 atom stereocenters. The standard InChI is InChI=1S/C16H24N2S/c1-10(8-17)15-18-14(9-19-15)16-5-11-2-12(6-16)4-13(3-11)7-16/h9-13H,2-8,17H2,1H3. The molecule has 1 aromatic heterocycles. The topological polar surface area (TPSA) is 38.9 Å². The van der Waals surface area contributed by atoms with Crippen LogP contribution in [-0.4, -0.2) is 11.5 Å². The summed E-state index contributed by atoms with van der Waals surface area (Å²) in [7, 11) is 0. The van der Waals surface area contributed by atoms with Crippen LogP contribution in [0.4, 0.5) is 0 Å². The number of nitrogens with two attached hydrogens (primary N) is 1. The minimum Gasteiger partial charge on any atom is -0.330 e. The Labute approximate surface area is 119 Å². The summed E-state index contributed by atoms with van der Waals surface area (Å²) in [6, 6.07) is 0. The maximum atomic E-state index is 5.79. The van der Waals surface area contributed by atoms with Gasteiger partial charge in [-0.1, -0.05) is 6.92 Å². The third-order valence-electron chi connectivity index (χ3n) is 5.88. The molecule has 4 bridgehead atoms. The second-order valence-corrected chi connectivity index (χ2v) is 8.30. The summed E-state index contributed by atoms with van der Waals surface area (Å²) in [6.45, 7) is 2.91. The summed E-state index contributed by atoms with van der Waals surface area (Å²) >= 11 is 1.84. The van der Waals surface area contributed by atoms with Gasteiger partial charge < -0.3 is 5.73 Å². The van der Waals surface area contributed by atoms with E-state index in [-0.39, 0.29) is 0 Å². The van der Waals surface area contributed by atoms with Crippen LogP contribution in [0.15, 0.2) is 5.38 Å². The van der Waals surface area contributed by atoms with E-state index in [1.165, 1.54) is 49.2 Å². The average molecular weight is 276 g/mol. The van der Waals surface area contributed by atoms with Crippen LogP contribution in [0.3, 0.4) is 0 Å². The SMILES string of the molecule is CC(CN)c1nc(C23CC4CC(CC(C4)C2)C3)cs1. The van der Waals surface area contributed by atoms with Gasteiger partial charge in [-0.25, -0.2) is 4.98 Å². The van der Waals surface area contributed by atoms with E-state index in [4.69, 9.17) is 10.7 Å². The number of thiazole rings is 1. The number of rotatable bonds is 3. The predicted octanol–water partition coefficient (Wildman–Crippen LogP) is 3.67. The van der Waals surface area contributed by atoms with Gasteiger partial charge in [0.05, 0.1) is 10.7 Å². The lowest BCUT2D eigenvalue weighted by molar-refractivity contribution is -0.00699. The third-order valence-corrected chi connectivity index (χ3v) is 6.95. The first kappa shape index (κ1) is 12.3. The highest BCUT2D eigenvalue weighted by atomic mass is 32.1. The van der Waals surface area contributed by atoms with E-state index in [1.54, 1.807) is 0 Å². The summed E-state index contributed by atoms with van der Waals surface area (Å²) in [5.41, 5.74) is 7.67. The first-order valence-electron chi connectivity index (χ1n) is 7.84. The van der Waals surface area contributed by atoms with E-state index in [0.29, 0.717) is 17.9 Å². The molecule has 2 N–H and O–H groups in total. The highest BCUT2D eigenvalue weighted by Gasteiger charge is 2.52. The molecular formula is C16H24N2S. The molecule has 0 spiro atoms. The van der Waals surface area contributed by atoms with E-state index in [0.717, 1.165) is 17.8 Å². The second-order valence-electron chi connectivity index (χ2n) is 7.41.